The lowest BCUT2D eigenvalue weighted by molar-refractivity contribution is 0.135. The fraction of sp³-hybridized carbons (Fsp3) is 0.316. The molecule has 0 atom stereocenters. The summed E-state index contributed by atoms with van der Waals surface area (Å²) < 4.78 is 60.7. The minimum Gasteiger partial charge on any atom is -0.467 e. The van der Waals surface area contributed by atoms with Crippen LogP contribution in [0.2, 0.25) is 10.0 Å². The molecule has 0 radical (unpaired) electrons. The van der Waals surface area contributed by atoms with Crippen LogP contribution in [0.3, 0.4) is 0 Å². The Morgan fingerprint density at radius 2 is 1.83 bits per heavy atom. The van der Waals surface area contributed by atoms with Crippen molar-refractivity contribution in [3.63, 3.8) is 0 Å². The number of aryl methyl sites for hydroxylation is 1. The second-order valence-corrected chi connectivity index (χ2v) is 10.7. The third-order valence-corrected chi connectivity index (χ3v) is 8.56. The van der Waals surface area contributed by atoms with E-state index in [1.807, 2.05) is 0 Å². The average molecular weight is 493 g/mol. The van der Waals surface area contributed by atoms with Gasteiger partial charge in [-0.3, -0.25) is 0 Å². The molecule has 2 heterocycles. The van der Waals surface area contributed by atoms with Gasteiger partial charge < -0.3 is 4.74 Å². The number of hydrogen-bond acceptors (Lipinski definition) is 5. The summed E-state index contributed by atoms with van der Waals surface area (Å²) in [6.45, 7) is 2.18. The highest BCUT2D eigenvalue weighted by Gasteiger charge is 2.32. The lowest BCUT2D eigenvalue weighted by atomic mass is 10.1. The number of nitrogens with zero attached hydrogens (tertiary/aromatic N) is 2. The first-order chi connectivity index (χ1) is 14.1. The lowest BCUT2D eigenvalue weighted by Crippen LogP contribution is -2.41. The zero-order valence-electron chi connectivity index (χ0n) is 15.7. The fourth-order valence-corrected chi connectivity index (χ4v) is 6.48. The van der Waals surface area contributed by atoms with Crippen molar-refractivity contribution in [2.24, 2.45) is 0 Å². The smallest absolute Gasteiger partial charge is 0.274 e. The van der Waals surface area contributed by atoms with Crippen LogP contribution in [0.25, 0.3) is 10.2 Å². The number of ether oxygens (including phenoxy) is 1. The number of hydrogen-bond donors (Lipinski definition) is 0. The first-order valence-electron chi connectivity index (χ1n) is 9.03. The normalized spacial score (nSPS) is 16.3. The Bertz CT molecular complexity index is 1230. The van der Waals surface area contributed by atoms with E-state index < -0.39 is 21.7 Å². The first kappa shape index (κ1) is 21.7. The average Bonchev–Trinajstić information content (AvgIpc) is 3.07. The molecule has 1 saturated heterocycles. The minimum atomic E-state index is -3.78. The van der Waals surface area contributed by atoms with Gasteiger partial charge in [0, 0.05) is 24.2 Å². The van der Waals surface area contributed by atoms with Crippen LogP contribution in [0, 0.1) is 18.6 Å². The van der Waals surface area contributed by atoms with Gasteiger partial charge in [-0.2, -0.15) is 9.29 Å². The number of thiazole rings is 1. The third kappa shape index (κ3) is 4.13. The molecule has 11 heteroatoms. The Morgan fingerprint density at radius 1 is 1.13 bits per heavy atom. The Morgan fingerprint density at radius 3 is 2.53 bits per heavy atom. The predicted octanol–water partition coefficient (Wildman–Crippen LogP) is 5.42. The molecular weight excluding hydrogens is 477 g/mol. The molecule has 1 aromatic heterocycles. The number of benzene rings is 2. The molecule has 3 aromatic rings. The molecule has 0 N–H and O–H groups in total. The number of aromatic nitrogens is 1. The van der Waals surface area contributed by atoms with Gasteiger partial charge in [0.05, 0.1) is 9.72 Å². The van der Waals surface area contributed by atoms with Crippen molar-refractivity contribution in [1.82, 2.24) is 9.29 Å². The first-order valence-corrected chi connectivity index (χ1v) is 12.0. The zero-order chi connectivity index (χ0) is 21.6. The van der Waals surface area contributed by atoms with Gasteiger partial charge in [-0.1, -0.05) is 34.5 Å². The quantitative estimate of drug-likeness (QED) is 0.487. The van der Waals surface area contributed by atoms with Crippen LogP contribution in [0.15, 0.2) is 29.2 Å². The van der Waals surface area contributed by atoms with Gasteiger partial charge in [-0.15, -0.1) is 0 Å². The van der Waals surface area contributed by atoms with Crippen LogP contribution < -0.4 is 4.74 Å². The molecular formula is C19H16Cl2F2N2O3S2. The van der Waals surface area contributed by atoms with E-state index >= 15 is 0 Å². The summed E-state index contributed by atoms with van der Waals surface area (Å²) in [5.74, 6) is -1.42. The molecule has 1 fully saturated rings. The Hall–Kier alpha value is -1.52. The molecule has 160 valence electrons. The van der Waals surface area contributed by atoms with Crippen molar-refractivity contribution in [1.29, 1.82) is 0 Å². The largest absolute Gasteiger partial charge is 0.467 e. The Kier molecular flexibility index (Phi) is 5.93. The van der Waals surface area contributed by atoms with Crippen LogP contribution in [0.4, 0.5) is 8.78 Å². The number of halogens is 4. The number of fused-ring (bicyclic) bond motifs is 1. The molecule has 0 bridgehead atoms. The Balaban J connectivity index is 1.46. The van der Waals surface area contributed by atoms with Crippen molar-refractivity contribution >= 4 is 54.8 Å². The number of sulfonamides is 1. The molecule has 0 aliphatic carbocycles. The number of rotatable bonds is 4. The van der Waals surface area contributed by atoms with Crippen molar-refractivity contribution in [2.45, 2.75) is 30.8 Å². The van der Waals surface area contributed by atoms with Crippen LogP contribution >= 0.6 is 34.5 Å². The van der Waals surface area contributed by atoms with Gasteiger partial charge in [-0.25, -0.2) is 17.2 Å². The van der Waals surface area contributed by atoms with Crippen molar-refractivity contribution in [2.75, 3.05) is 13.1 Å². The lowest BCUT2D eigenvalue weighted by Gasteiger charge is -2.31. The van der Waals surface area contributed by atoms with Crippen molar-refractivity contribution in [3.8, 4) is 5.19 Å². The summed E-state index contributed by atoms with van der Waals surface area (Å²) in [7, 11) is -3.78. The summed E-state index contributed by atoms with van der Waals surface area (Å²) in [5.41, 5.74) is 0.682. The molecule has 5 nitrogen and oxygen atoms in total. The molecule has 2 aromatic carbocycles. The van der Waals surface area contributed by atoms with E-state index in [4.69, 9.17) is 27.9 Å². The Labute approximate surface area is 186 Å². The SMILES string of the molecule is Cc1cc(S(=O)(=O)N2CCC(Oc3nc4c(F)cc(F)cc4s3)CC2)c(Cl)cc1Cl. The summed E-state index contributed by atoms with van der Waals surface area (Å²) in [5, 5.41) is 0.707. The summed E-state index contributed by atoms with van der Waals surface area (Å²) >= 11 is 13.2. The summed E-state index contributed by atoms with van der Waals surface area (Å²) in [4.78, 5) is 4.11. The fourth-order valence-electron chi connectivity index (χ4n) is 3.29. The van der Waals surface area contributed by atoms with Crippen LogP contribution in [-0.4, -0.2) is 36.9 Å². The topological polar surface area (TPSA) is 59.5 Å². The second-order valence-electron chi connectivity index (χ2n) is 6.97. The predicted molar refractivity (Wildman–Crippen MR) is 113 cm³/mol. The van der Waals surface area contributed by atoms with E-state index in [1.54, 1.807) is 6.92 Å². The number of piperidine rings is 1. The molecule has 0 unspecified atom stereocenters. The third-order valence-electron chi connectivity index (χ3n) is 4.89. The van der Waals surface area contributed by atoms with Gasteiger partial charge in [0.25, 0.3) is 5.19 Å². The molecule has 0 spiro atoms. The molecule has 1 aliphatic rings. The monoisotopic (exact) mass is 492 g/mol. The highest BCUT2D eigenvalue weighted by Crippen LogP contribution is 2.34. The van der Waals surface area contributed by atoms with Crippen LogP contribution in [0.1, 0.15) is 18.4 Å². The highest BCUT2D eigenvalue weighted by molar-refractivity contribution is 7.89. The van der Waals surface area contributed by atoms with E-state index in [0.717, 1.165) is 17.4 Å². The summed E-state index contributed by atoms with van der Waals surface area (Å²) in [6.07, 6.45) is 0.569. The highest BCUT2D eigenvalue weighted by atomic mass is 35.5. The van der Waals surface area contributed by atoms with Gasteiger partial charge in [0.2, 0.25) is 10.0 Å². The minimum absolute atomic E-state index is 0.0223. The van der Waals surface area contributed by atoms with E-state index in [0.29, 0.717) is 28.1 Å². The van der Waals surface area contributed by atoms with Crippen LogP contribution in [0.5, 0.6) is 5.19 Å². The van der Waals surface area contributed by atoms with E-state index in [-0.39, 0.29) is 39.8 Å². The standard InChI is InChI=1S/C19H16Cl2F2N2O3S2/c1-10-6-17(14(21)9-13(10)20)30(26,27)25-4-2-12(3-5-25)28-19-24-18-15(23)7-11(22)8-16(18)29-19/h6-9,12H,2-5H2,1H3. The van der Waals surface area contributed by atoms with Crippen molar-refractivity contribution < 1.29 is 21.9 Å². The van der Waals surface area contributed by atoms with E-state index in [9.17, 15) is 17.2 Å². The molecule has 30 heavy (non-hydrogen) atoms. The maximum Gasteiger partial charge on any atom is 0.274 e. The maximum absolute atomic E-state index is 13.8. The molecule has 1 aliphatic heterocycles. The van der Waals surface area contributed by atoms with E-state index in [2.05, 4.69) is 4.98 Å². The molecule has 4 rings (SSSR count). The van der Waals surface area contributed by atoms with Crippen LogP contribution in [-0.2, 0) is 10.0 Å². The molecule has 0 amide bonds. The van der Waals surface area contributed by atoms with Gasteiger partial charge in [0.1, 0.15) is 22.3 Å². The van der Waals surface area contributed by atoms with Gasteiger partial charge in [0.15, 0.2) is 5.82 Å². The second kappa shape index (κ2) is 8.20. The van der Waals surface area contributed by atoms with Gasteiger partial charge in [-0.05, 0) is 43.5 Å². The van der Waals surface area contributed by atoms with E-state index in [1.165, 1.54) is 22.5 Å². The maximum atomic E-state index is 13.8. The summed E-state index contributed by atoms with van der Waals surface area (Å²) in [6, 6.07) is 4.88. The zero-order valence-corrected chi connectivity index (χ0v) is 18.8. The van der Waals surface area contributed by atoms with Crippen molar-refractivity contribution in [3.05, 3.63) is 51.5 Å². The molecule has 0 saturated carbocycles. The van der Waals surface area contributed by atoms with Gasteiger partial charge >= 0.3 is 0 Å².